The highest BCUT2D eigenvalue weighted by Gasteiger charge is 2.18. The molecule has 0 spiro atoms. The first-order chi connectivity index (χ1) is 7.36. The Morgan fingerprint density at radius 2 is 2.40 bits per heavy atom. The van der Waals surface area contributed by atoms with Crippen molar-refractivity contribution in [3.8, 4) is 0 Å². The van der Waals surface area contributed by atoms with Crippen LogP contribution in [-0.4, -0.2) is 75.8 Å². The number of likely N-dealkylation sites (N-methyl/N-ethyl adjacent to an activating group) is 1. The van der Waals surface area contributed by atoms with Gasteiger partial charge >= 0.3 is 0 Å². The van der Waals surface area contributed by atoms with Crippen LogP contribution in [0.4, 0.5) is 0 Å². The lowest BCUT2D eigenvalue weighted by Gasteiger charge is -2.32. The molecule has 1 unspecified atom stereocenters. The van der Waals surface area contributed by atoms with E-state index in [4.69, 9.17) is 14.6 Å². The van der Waals surface area contributed by atoms with Gasteiger partial charge in [0, 0.05) is 26.2 Å². The fourth-order valence-corrected chi connectivity index (χ4v) is 1.69. The lowest BCUT2D eigenvalue weighted by Crippen LogP contribution is -2.47. The van der Waals surface area contributed by atoms with E-state index in [1.807, 2.05) is 7.05 Å². The molecule has 1 aliphatic rings. The second kappa shape index (κ2) is 8.01. The van der Waals surface area contributed by atoms with E-state index >= 15 is 0 Å². The summed E-state index contributed by atoms with van der Waals surface area (Å²) in [7, 11) is 1.94. The Morgan fingerprint density at radius 1 is 1.53 bits per heavy atom. The van der Waals surface area contributed by atoms with Crippen LogP contribution in [0.2, 0.25) is 0 Å². The molecule has 5 nitrogen and oxygen atoms in total. The van der Waals surface area contributed by atoms with Crippen molar-refractivity contribution in [1.29, 1.82) is 0 Å². The molecule has 0 aromatic rings. The van der Waals surface area contributed by atoms with Gasteiger partial charge in [-0.15, -0.1) is 0 Å². The van der Waals surface area contributed by atoms with Gasteiger partial charge in [0.2, 0.25) is 0 Å². The van der Waals surface area contributed by atoms with E-state index in [9.17, 15) is 0 Å². The summed E-state index contributed by atoms with van der Waals surface area (Å²) in [4.78, 5) is 2.34. The Hall–Kier alpha value is -0.200. The van der Waals surface area contributed by atoms with Crippen LogP contribution in [0.25, 0.3) is 0 Å². The van der Waals surface area contributed by atoms with Gasteiger partial charge in [-0.2, -0.15) is 0 Å². The molecule has 1 fully saturated rings. The summed E-state index contributed by atoms with van der Waals surface area (Å²) >= 11 is 0. The number of hydrogen-bond acceptors (Lipinski definition) is 5. The average molecular weight is 218 g/mol. The maximum atomic E-state index is 8.55. The van der Waals surface area contributed by atoms with Crippen molar-refractivity contribution in [2.24, 2.45) is 0 Å². The summed E-state index contributed by atoms with van der Waals surface area (Å²) in [5.74, 6) is 0. The Labute approximate surface area is 91.3 Å². The molecular weight excluding hydrogens is 196 g/mol. The van der Waals surface area contributed by atoms with Gasteiger partial charge in [0.15, 0.2) is 0 Å². The monoisotopic (exact) mass is 218 g/mol. The highest BCUT2D eigenvalue weighted by Crippen LogP contribution is 2.03. The second-order valence-electron chi connectivity index (χ2n) is 3.69. The standard InChI is InChI=1S/C10H22N2O3/c1-11-8-10-9-12(3-6-15-10)2-5-14-7-4-13/h10-11,13H,2-9H2,1H3. The maximum absolute atomic E-state index is 8.55. The van der Waals surface area contributed by atoms with Crippen molar-refractivity contribution in [3.05, 3.63) is 0 Å². The highest BCUT2D eigenvalue weighted by atomic mass is 16.5. The molecule has 0 bridgehead atoms. The molecule has 0 aromatic heterocycles. The van der Waals surface area contributed by atoms with E-state index in [0.717, 1.165) is 32.8 Å². The minimum Gasteiger partial charge on any atom is -0.394 e. The number of nitrogens with zero attached hydrogens (tertiary/aromatic N) is 1. The third-order valence-electron chi connectivity index (χ3n) is 2.44. The third-order valence-corrected chi connectivity index (χ3v) is 2.44. The fourth-order valence-electron chi connectivity index (χ4n) is 1.69. The molecule has 1 saturated heterocycles. The van der Waals surface area contributed by atoms with Gasteiger partial charge in [0.1, 0.15) is 0 Å². The van der Waals surface area contributed by atoms with Crippen LogP contribution in [-0.2, 0) is 9.47 Å². The number of ether oxygens (including phenoxy) is 2. The van der Waals surface area contributed by atoms with Crippen molar-refractivity contribution in [3.63, 3.8) is 0 Å². The van der Waals surface area contributed by atoms with E-state index in [1.165, 1.54) is 0 Å². The van der Waals surface area contributed by atoms with Crippen LogP contribution in [0.5, 0.6) is 0 Å². The van der Waals surface area contributed by atoms with Crippen LogP contribution in [0.15, 0.2) is 0 Å². The largest absolute Gasteiger partial charge is 0.394 e. The van der Waals surface area contributed by atoms with Crippen LogP contribution >= 0.6 is 0 Å². The average Bonchev–Trinajstić information content (AvgIpc) is 2.26. The summed E-state index contributed by atoms with van der Waals surface area (Å²) in [6.45, 7) is 5.78. The number of hydrogen-bond donors (Lipinski definition) is 2. The van der Waals surface area contributed by atoms with Crippen molar-refractivity contribution in [2.75, 3.05) is 59.7 Å². The van der Waals surface area contributed by atoms with E-state index < -0.39 is 0 Å². The summed E-state index contributed by atoms with van der Waals surface area (Å²) < 4.78 is 10.8. The predicted molar refractivity (Wildman–Crippen MR) is 58.0 cm³/mol. The van der Waals surface area contributed by atoms with Crippen molar-refractivity contribution in [2.45, 2.75) is 6.10 Å². The molecule has 5 heteroatoms. The first-order valence-electron chi connectivity index (χ1n) is 5.54. The lowest BCUT2D eigenvalue weighted by molar-refractivity contribution is -0.0353. The Morgan fingerprint density at radius 3 is 3.13 bits per heavy atom. The number of aliphatic hydroxyl groups excluding tert-OH is 1. The van der Waals surface area contributed by atoms with Crippen LogP contribution < -0.4 is 5.32 Å². The zero-order valence-electron chi connectivity index (χ0n) is 9.45. The zero-order chi connectivity index (χ0) is 10.9. The van der Waals surface area contributed by atoms with Crippen molar-refractivity contribution < 1.29 is 14.6 Å². The molecule has 0 aromatic carbocycles. The molecule has 1 heterocycles. The Kier molecular flexibility index (Phi) is 6.87. The first kappa shape index (κ1) is 12.9. The minimum atomic E-state index is 0.103. The zero-order valence-corrected chi connectivity index (χ0v) is 9.45. The van der Waals surface area contributed by atoms with Gasteiger partial charge in [-0.05, 0) is 7.05 Å². The maximum Gasteiger partial charge on any atom is 0.0826 e. The smallest absolute Gasteiger partial charge is 0.0826 e. The molecule has 2 N–H and O–H groups in total. The summed E-state index contributed by atoms with van der Waals surface area (Å²) in [6.07, 6.45) is 0.293. The Bertz CT molecular complexity index is 156. The van der Waals surface area contributed by atoms with E-state index in [1.54, 1.807) is 0 Å². The molecule has 90 valence electrons. The molecule has 1 atom stereocenters. The molecule has 15 heavy (non-hydrogen) atoms. The van der Waals surface area contributed by atoms with E-state index in [-0.39, 0.29) is 6.61 Å². The van der Waals surface area contributed by atoms with Gasteiger partial charge in [-0.1, -0.05) is 0 Å². The number of morpholine rings is 1. The van der Waals surface area contributed by atoms with Crippen LogP contribution in [0.1, 0.15) is 0 Å². The van der Waals surface area contributed by atoms with Crippen molar-refractivity contribution in [1.82, 2.24) is 10.2 Å². The molecular formula is C10H22N2O3. The number of nitrogens with one attached hydrogen (secondary N) is 1. The summed E-state index contributed by atoms with van der Waals surface area (Å²) in [6, 6.07) is 0. The second-order valence-corrected chi connectivity index (χ2v) is 3.69. The lowest BCUT2D eigenvalue weighted by atomic mass is 10.2. The minimum absolute atomic E-state index is 0.103. The molecule has 0 aliphatic carbocycles. The van der Waals surface area contributed by atoms with Crippen LogP contribution in [0.3, 0.4) is 0 Å². The van der Waals surface area contributed by atoms with Gasteiger partial charge in [-0.25, -0.2) is 0 Å². The SMILES string of the molecule is CNCC1CN(CCOCCO)CCO1. The van der Waals surface area contributed by atoms with Gasteiger partial charge in [-0.3, -0.25) is 4.90 Å². The highest BCUT2D eigenvalue weighted by molar-refractivity contribution is 4.72. The molecule has 0 amide bonds. The number of aliphatic hydroxyl groups is 1. The molecule has 0 radical (unpaired) electrons. The van der Waals surface area contributed by atoms with Crippen LogP contribution in [0, 0.1) is 0 Å². The topological polar surface area (TPSA) is 54.0 Å². The number of rotatable bonds is 7. The first-order valence-corrected chi connectivity index (χ1v) is 5.54. The van der Waals surface area contributed by atoms with E-state index in [2.05, 4.69) is 10.2 Å². The molecule has 1 aliphatic heterocycles. The normalized spacial score (nSPS) is 23.2. The van der Waals surface area contributed by atoms with Gasteiger partial charge in [0.05, 0.1) is 32.5 Å². The molecule has 0 saturated carbocycles. The third kappa shape index (κ3) is 5.44. The summed E-state index contributed by atoms with van der Waals surface area (Å²) in [5.41, 5.74) is 0. The van der Waals surface area contributed by atoms with Gasteiger partial charge in [0.25, 0.3) is 0 Å². The summed E-state index contributed by atoms with van der Waals surface area (Å²) in [5, 5.41) is 11.7. The van der Waals surface area contributed by atoms with E-state index in [0.29, 0.717) is 19.3 Å². The fraction of sp³-hybridized carbons (Fsp3) is 1.00. The predicted octanol–water partition coefficient (Wildman–Crippen LogP) is -1.08. The van der Waals surface area contributed by atoms with Crippen molar-refractivity contribution >= 4 is 0 Å². The Balaban J connectivity index is 2.07. The molecule has 1 rings (SSSR count). The quantitative estimate of drug-likeness (QED) is 0.532. The van der Waals surface area contributed by atoms with Gasteiger partial charge < -0.3 is 19.9 Å².